The minimum atomic E-state index is -0.217. The molecule has 3 N–H and O–H groups in total. The molecule has 1 unspecified atom stereocenters. The largest absolute Gasteiger partial charge is 0.368 e. The summed E-state index contributed by atoms with van der Waals surface area (Å²) in [5.74, 6) is 1.03. The number of nitrogens with two attached hydrogens (primary N) is 1. The fraction of sp³-hybridized carbons (Fsp3) is 0.286. The van der Waals surface area contributed by atoms with Gasteiger partial charge in [0.05, 0.1) is 6.54 Å². The molecule has 0 amide bonds. The van der Waals surface area contributed by atoms with Crippen molar-refractivity contribution < 1.29 is 4.39 Å². The third-order valence-corrected chi connectivity index (χ3v) is 4.94. The molecule has 1 aliphatic heterocycles. The summed E-state index contributed by atoms with van der Waals surface area (Å²) in [6, 6.07) is 14.9. The van der Waals surface area contributed by atoms with Crippen LogP contribution in [0, 0.1) is 12.7 Å². The average Bonchev–Trinajstić information content (AvgIpc) is 3.10. The highest BCUT2D eigenvalue weighted by Gasteiger charge is 2.27. The molecule has 0 radical (unpaired) electrons. The molecule has 2 aromatic carbocycles. The fourth-order valence-electron chi connectivity index (χ4n) is 3.68. The van der Waals surface area contributed by atoms with Crippen molar-refractivity contribution in [2.75, 3.05) is 17.6 Å². The van der Waals surface area contributed by atoms with Gasteiger partial charge in [-0.25, -0.2) is 4.39 Å². The van der Waals surface area contributed by atoms with E-state index in [0.717, 1.165) is 36.2 Å². The third kappa shape index (κ3) is 4.26. The van der Waals surface area contributed by atoms with Gasteiger partial charge in [-0.1, -0.05) is 24.3 Å². The summed E-state index contributed by atoms with van der Waals surface area (Å²) < 4.78 is 13.2. The maximum atomic E-state index is 13.2. The first kappa shape index (κ1) is 18.3. The van der Waals surface area contributed by atoms with Crippen molar-refractivity contribution in [3.63, 3.8) is 0 Å². The molecule has 7 heteroatoms. The van der Waals surface area contributed by atoms with E-state index in [-0.39, 0.29) is 17.8 Å². The first-order chi connectivity index (χ1) is 13.6. The van der Waals surface area contributed by atoms with Crippen LogP contribution in [0.1, 0.15) is 35.8 Å². The first-order valence-corrected chi connectivity index (χ1v) is 9.40. The maximum absolute atomic E-state index is 13.2. The fourth-order valence-corrected chi connectivity index (χ4v) is 3.68. The monoisotopic (exact) mass is 378 g/mol. The summed E-state index contributed by atoms with van der Waals surface area (Å²) in [7, 11) is 0. The summed E-state index contributed by atoms with van der Waals surface area (Å²) >= 11 is 0. The third-order valence-electron chi connectivity index (χ3n) is 4.94. The second-order valence-electron chi connectivity index (χ2n) is 7.11. The molecule has 1 aromatic heterocycles. The van der Waals surface area contributed by atoms with Crippen LogP contribution >= 0.6 is 0 Å². The number of nitrogen functional groups attached to an aromatic ring is 1. The van der Waals surface area contributed by atoms with Crippen molar-refractivity contribution >= 4 is 17.6 Å². The number of aromatic nitrogens is 3. The van der Waals surface area contributed by atoms with Gasteiger partial charge in [0, 0.05) is 11.7 Å². The van der Waals surface area contributed by atoms with Crippen LogP contribution in [0.25, 0.3) is 0 Å². The zero-order chi connectivity index (χ0) is 19.5. The smallest absolute Gasteiger partial charge is 0.232 e. The van der Waals surface area contributed by atoms with Gasteiger partial charge in [0.1, 0.15) is 11.6 Å². The Morgan fingerprint density at radius 3 is 2.75 bits per heavy atom. The Labute approximate surface area is 163 Å². The van der Waals surface area contributed by atoms with Gasteiger partial charge in [-0.2, -0.15) is 15.0 Å². The van der Waals surface area contributed by atoms with Crippen molar-refractivity contribution in [1.29, 1.82) is 0 Å². The molecule has 1 saturated heterocycles. The Morgan fingerprint density at radius 2 is 1.96 bits per heavy atom. The quantitative estimate of drug-likeness (QED) is 0.699. The van der Waals surface area contributed by atoms with E-state index in [2.05, 4.69) is 25.2 Å². The van der Waals surface area contributed by atoms with Gasteiger partial charge in [0.2, 0.25) is 11.9 Å². The van der Waals surface area contributed by atoms with Crippen molar-refractivity contribution in [1.82, 2.24) is 19.9 Å². The molecule has 0 bridgehead atoms. The lowest BCUT2D eigenvalue weighted by Crippen LogP contribution is -2.24. The number of rotatable bonds is 5. The summed E-state index contributed by atoms with van der Waals surface area (Å²) in [6.45, 7) is 3.53. The molecular formula is C21H23FN6. The highest BCUT2D eigenvalue weighted by atomic mass is 19.1. The molecule has 1 aliphatic rings. The van der Waals surface area contributed by atoms with Gasteiger partial charge in [0.15, 0.2) is 0 Å². The molecule has 144 valence electrons. The Hall–Kier alpha value is -3.06. The number of benzene rings is 2. The lowest BCUT2D eigenvalue weighted by molar-refractivity contribution is 0.242. The standard InChI is InChI=1S/C21H23FN6/c1-14-4-2-5-17(12-14)24-21-26-19(25-20(23)27-21)13-28-11-3-6-18(28)15-7-9-16(22)10-8-15/h2,4-5,7-10,12,18H,3,6,11,13H2,1H3,(H3,23,24,25,26,27). The minimum Gasteiger partial charge on any atom is -0.368 e. The van der Waals surface area contributed by atoms with Gasteiger partial charge >= 0.3 is 0 Å². The van der Waals surface area contributed by atoms with E-state index in [9.17, 15) is 4.39 Å². The highest BCUT2D eigenvalue weighted by molar-refractivity contribution is 5.54. The number of nitrogens with one attached hydrogen (secondary N) is 1. The van der Waals surface area contributed by atoms with Crippen LogP contribution in [0.2, 0.25) is 0 Å². The number of anilines is 3. The van der Waals surface area contributed by atoms with Crippen LogP contribution in [-0.2, 0) is 6.54 Å². The molecule has 1 atom stereocenters. The summed E-state index contributed by atoms with van der Waals surface area (Å²) in [5, 5.41) is 3.20. The minimum absolute atomic E-state index is 0.192. The van der Waals surface area contributed by atoms with Crippen LogP contribution in [0.3, 0.4) is 0 Å². The van der Waals surface area contributed by atoms with E-state index in [0.29, 0.717) is 18.3 Å². The Bertz CT molecular complexity index is 959. The summed E-state index contributed by atoms with van der Waals surface area (Å²) in [4.78, 5) is 15.4. The van der Waals surface area contributed by atoms with Crippen LogP contribution in [0.5, 0.6) is 0 Å². The van der Waals surface area contributed by atoms with Crippen molar-refractivity contribution in [3.8, 4) is 0 Å². The summed E-state index contributed by atoms with van der Waals surface area (Å²) in [6.07, 6.45) is 2.11. The molecule has 28 heavy (non-hydrogen) atoms. The zero-order valence-corrected chi connectivity index (χ0v) is 15.8. The van der Waals surface area contributed by atoms with Gasteiger partial charge in [-0.3, -0.25) is 4.90 Å². The van der Waals surface area contributed by atoms with Gasteiger partial charge in [-0.15, -0.1) is 0 Å². The predicted octanol–water partition coefficient (Wildman–Crippen LogP) is 3.98. The van der Waals surface area contributed by atoms with Crippen LogP contribution < -0.4 is 11.1 Å². The molecule has 6 nitrogen and oxygen atoms in total. The topological polar surface area (TPSA) is 80.0 Å². The number of likely N-dealkylation sites (tertiary alicyclic amines) is 1. The van der Waals surface area contributed by atoms with Gasteiger partial charge < -0.3 is 11.1 Å². The summed E-state index contributed by atoms with van der Waals surface area (Å²) in [5.41, 5.74) is 9.08. The maximum Gasteiger partial charge on any atom is 0.232 e. The number of aryl methyl sites for hydroxylation is 1. The SMILES string of the molecule is Cc1cccc(Nc2nc(N)nc(CN3CCCC3c3ccc(F)cc3)n2)c1. The van der Waals surface area contributed by atoms with E-state index in [1.807, 2.05) is 43.3 Å². The second kappa shape index (κ2) is 7.90. The lowest BCUT2D eigenvalue weighted by Gasteiger charge is -2.24. The Kier molecular flexibility index (Phi) is 5.16. The number of hydrogen-bond donors (Lipinski definition) is 2. The molecule has 0 spiro atoms. The van der Waals surface area contributed by atoms with Gasteiger partial charge in [-0.05, 0) is 61.7 Å². The van der Waals surface area contributed by atoms with Crippen molar-refractivity contribution in [3.05, 3.63) is 71.3 Å². The molecule has 0 aliphatic carbocycles. The molecule has 4 rings (SSSR count). The van der Waals surface area contributed by atoms with E-state index < -0.39 is 0 Å². The average molecular weight is 378 g/mol. The van der Waals surface area contributed by atoms with Crippen molar-refractivity contribution in [2.45, 2.75) is 32.4 Å². The number of halogens is 1. The van der Waals surface area contributed by atoms with E-state index in [1.54, 1.807) is 0 Å². The van der Waals surface area contributed by atoms with E-state index in [1.165, 1.54) is 12.1 Å². The van der Waals surface area contributed by atoms with Crippen LogP contribution in [0.15, 0.2) is 48.5 Å². The number of nitrogens with zero attached hydrogens (tertiary/aromatic N) is 4. The first-order valence-electron chi connectivity index (χ1n) is 9.40. The zero-order valence-electron chi connectivity index (χ0n) is 15.8. The number of hydrogen-bond acceptors (Lipinski definition) is 6. The normalized spacial score (nSPS) is 17.0. The van der Waals surface area contributed by atoms with Crippen molar-refractivity contribution in [2.24, 2.45) is 0 Å². The second-order valence-corrected chi connectivity index (χ2v) is 7.11. The van der Waals surface area contributed by atoms with Crippen LogP contribution in [-0.4, -0.2) is 26.4 Å². The predicted molar refractivity (Wildman–Crippen MR) is 107 cm³/mol. The Morgan fingerprint density at radius 1 is 1.14 bits per heavy atom. The Balaban J connectivity index is 1.52. The lowest BCUT2D eigenvalue weighted by atomic mass is 10.0. The molecule has 2 heterocycles. The molecule has 3 aromatic rings. The van der Waals surface area contributed by atoms with Gasteiger partial charge in [0.25, 0.3) is 0 Å². The van der Waals surface area contributed by atoms with E-state index in [4.69, 9.17) is 5.73 Å². The van der Waals surface area contributed by atoms with E-state index >= 15 is 0 Å². The molecule has 0 saturated carbocycles. The molecule has 1 fully saturated rings. The highest BCUT2D eigenvalue weighted by Crippen LogP contribution is 2.33. The van der Waals surface area contributed by atoms with Crippen LogP contribution in [0.4, 0.5) is 22.0 Å². The molecular weight excluding hydrogens is 355 g/mol.